The third kappa shape index (κ3) is 4.14. The first-order valence-electron chi connectivity index (χ1n) is 9.52. The molecule has 152 valence electrons. The van der Waals surface area contributed by atoms with Gasteiger partial charge in [0.25, 0.3) is 0 Å². The fourth-order valence-corrected chi connectivity index (χ4v) is 3.88. The van der Waals surface area contributed by atoms with Crippen LogP contribution in [0.3, 0.4) is 0 Å². The summed E-state index contributed by atoms with van der Waals surface area (Å²) in [6.07, 6.45) is 4.13. The maximum Gasteiger partial charge on any atom is 0.238 e. The summed E-state index contributed by atoms with van der Waals surface area (Å²) in [7, 11) is -3.78. The minimum Gasteiger partial charge on any atom is -0.363 e. The van der Waals surface area contributed by atoms with Crippen LogP contribution < -0.4 is 10.5 Å². The molecule has 0 amide bonds. The molecule has 1 unspecified atom stereocenters. The number of benzene rings is 2. The fraction of sp³-hybridized carbons (Fsp3) is 0.136. The SMILES string of the molecule is CCC(Nc1nc(-c2ccncc2)nc2ccccc12)c1cccc(S(N)(=O)=O)c1. The number of pyridine rings is 1. The third-order valence-electron chi connectivity index (χ3n) is 4.85. The number of para-hydroxylation sites is 1. The Labute approximate surface area is 175 Å². The van der Waals surface area contributed by atoms with E-state index in [1.54, 1.807) is 24.5 Å². The van der Waals surface area contributed by atoms with Crippen molar-refractivity contribution in [3.63, 3.8) is 0 Å². The first-order chi connectivity index (χ1) is 14.5. The number of aromatic nitrogens is 3. The van der Waals surface area contributed by atoms with Gasteiger partial charge in [-0.2, -0.15) is 0 Å². The molecular formula is C22H21N5O2S. The Morgan fingerprint density at radius 2 is 1.77 bits per heavy atom. The van der Waals surface area contributed by atoms with Gasteiger partial charge < -0.3 is 5.32 Å². The van der Waals surface area contributed by atoms with Gasteiger partial charge in [0.05, 0.1) is 16.5 Å². The van der Waals surface area contributed by atoms with Crippen LogP contribution in [0.25, 0.3) is 22.3 Å². The second-order valence-electron chi connectivity index (χ2n) is 6.87. The van der Waals surface area contributed by atoms with E-state index in [1.165, 1.54) is 6.07 Å². The number of rotatable bonds is 6. The number of anilines is 1. The maximum absolute atomic E-state index is 11.8. The molecular weight excluding hydrogens is 398 g/mol. The van der Waals surface area contributed by atoms with Gasteiger partial charge in [0, 0.05) is 23.3 Å². The number of hydrogen-bond acceptors (Lipinski definition) is 6. The van der Waals surface area contributed by atoms with Crippen molar-refractivity contribution in [1.82, 2.24) is 15.0 Å². The molecule has 4 aromatic rings. The van der Waals surface area contributed by atoms with E-state index in [9.17, 15) is 8.42 Å². The smallest absolute Gasteiger partial charge is 0.238 e. The zero-order chi connectivity index (χ0) is 21.1. The molecule has 0 saturated heterocycles. The molecule has 0 aliphatic carbocycles. The van der Waals surface area contributed by atoms with Gasteiger partial charge in [-0.1, -0.05) is 31.2 Å². The predicted octanol–water partition coefficient (Wildman–Crippen LogP) is 3.90. The summed E-state index contributed by atoms with van der Waals surface area (Å²) in [5, 5.41) is 9.66. The van der Waals surface area contributed by atoms with E-state index in [2.05, 4.69) is 15.3 Å². The third-order valence-corrected chi connectivity index (χ3v) is 5.76. The fourth-order valence-electron chi connectivity index (χ4n) is 3.31. The molecule has 4 rings (SSSR count). The predicted molar refractivity (Wildman–Crippen MR) is 117 cm³/mol. The van der Waals surface area contributed by atoms with Gasteiger partial charge in [-0.3, -0.25) is 4.98 Å². The standard InChI is InChI=1S/C22H21N5O2S/c1-2-19(16-6-5-7-17(14-16)30(23,28)29)25-22-18-8-3-4-9-20(18)26-21(27-22)15-10-12-24-13-11-15/h3-14,19H,2H2,1H3,(H2,23,28,29)(H,25,26,27). The molecule has 1 atom stereocenters. The maximum atomic E-state index is 11.8. The van der Waals surface area contributed by atoms with Crippen molar-refractivity contribution in [3.8, 4) is 11.4 Å². The summed E-state index contributed by atoms with van der Waals surface area (Å²) in [4.78, 5) is 13.6. The number of nitrogens with one attached hydrogen (secondary N) is 1. The summed E-state index contributed by atoms with van der Waals surface area (Å²) in [5.41, 5.74) is 2.50. The van der Waals surface area contributed by atoms with Crippen molar-refractivity contribution in [3.05, 3.63) is 78.6 Å². The van der Waals surface area contributed by atoms with Gasteiger partial charge in [0.2, 0.25) is 10.0 Å². The molecule has 7 nitrogen and oxygen atoms in total. The van der Waals surface area contributed by atoms with Crippen molar-refractivity contribution in [2.75, 3.05) is 5.32 Å². The Hall–Kier alpha value is -3.36. The molecule has 8 heteroatoms. The zero-order valence-corrected chi connectivity index (χ0v) is 17.2. The van der Waals surface area contributed by atoms with Crippen LogP contribution in [-0.4, -0.2) is 23.4 Å². The van der Waals surface area contributed by atoms with Crippen molar-refractivity contribution in [2.45, 2.75) is 24.3 Å². The van der Waals surface area contributed by atoms with Crippen LogP contribution in [0.15, 0.2) is 78.0 Å². The molecule has 30 heavy (non-hydrogen) atoms. The Balaban J connectivity index is 1.79. The first-order valence-corrected chi connectivity index (χ1v) is 11.1. The highest BCUT2D eigenvalue weighted by Gasteiger charge is 2.17. The number of hydrogen-bond donors (Lipinski definition) is 2. The van der Waals surface area contributed by atoms with Crippen molar-refractivity contribution >= 4 is 26.7 Å². The molecule has 2 heterocycles. The lowest BCUT2D eigenvalue weighted by atomic mass is 10.0. The van der Waals surface area contributed by atoms with E-state index in [0.717, 1.165) is 28.5 Å². The summed E-state index contributed by atoms with van der Waals surface area (Å²) >= 11 is 0. The quantitative estimate of drug-likeness (QED) is 0.490. The van der Waals surface area contributed by atoms with Crippen molar-refractivity contribution in [1.29, 1.82) is 0 Å². The Bertz CT molecular complexity index is 1290. The van der Waals surface area contributed by atoms with E-state index in [4.69, 9.17) is 10.1 Å². The second-order valence-corrected chi connectivity index (χ2v) is 8.43. The summed E-state index contributed by atoms with van der Waals surface area (Å²) in [6.45, 7) is 2.02. The van der Waals surface area contributed by atoms with Crippen molar-refractivity contribution in [2.24, 2.45) is 5.14 Å². The number of nitrogens with zero attached hydrogens (tertiary/aromatic N) is 3. The van der Waals surface area contributed by atoms with Crippen LogP contribution >= 0.6 is 0 Å². The van der Waals surface area contributed by atoms with Gasteiger partial charge in [0.15, 0.2) is 5.82 Å². The average Bonchev–Trinajstić information content (AvgIpc) is 2.77. The largest absolute Gasteiger partial charge is 0.363 e. The van der Waals surface area contributed by atoms with E-state index in [1.807, 2.05) is 49.4 Å². The van der Waals surface area contributed by atoms with E-state index < -0.39 is 10.0 Å². The van der Waals surface area contributed by atoms with Gasteiger partial charge in [-0.05, 0) is 48.4 Å². The lowest BCUT2D eigenvalue weighted by Crippen LogP contribution is -2.15. The van der Waals surface area contributed by atoms with E-state index in [0.29, 0.717) is 11.6 Å². The monoisotopic (exact) mass is 419 g/mol. The lowest BCUT2D eigenvalue weighted by molar-refractivity contribution is 0.597. The molecule has 0 aliphatic rings. The van der Waals surface area contributed by atoms with Gasteiger partial charge in [0.1, 0.15) is 5.82 Å². The van der Waals surface area contributed by atoms with E-state index in [-0.39, 0.29) is 10.9 Å². The topological polar surface area (TPSA) is 111 Å². The molecule has 0 fully saturated rings. The molecule has 3 N–H and O–H groups in total. The lowest BCUT2D eigenvalue weighted by Gasteiger charge is -2.20. The average molecular weight is 420 g/mol. The van der Waals surface area contributed by atoms with Crippen LogP contribution in [0.1, 0.15) is 24.9 Å². The number of nitrogens with two attached hydrogens (primary N) is 1. The summed E-state index contributed by atoms with van der Waals surface area (Å²) in [6, 6.07) is 18.0. The molecule has 2 aromatic carbocycles. The van der Waals surface area contributed by atoms with Gasteiger partial charge in [-0.25, -0.2) is 23.5 Å². The second kappa shape index (κ2) is 8.17. The van der Waals surface area contributed by atoms with Crippen molar-refractivity contribution < 1.29 is 8.42 Å². The summed E-state index contributed by atoms with van der Waals surface area (Å²) in [5.74, 6) is 1.27. The summed E-state index contributed by atoms with van der Waals surface area (Å²) < 4.78 is 23.5. The number of sulfonamides is 1. The van der Waals surface area contributed by atoms with Crippen LogP contribution in [0, 0.1) is 0 Å². The molecule has 0 radical (unpaired) electrons. The molecule has 0 bridgehead atoms. The molecule has 0 aliphatic heterocycles. The highest BCUT2D eigenvalue weighted by atomic mass is 32.2. The van der Waals surface area contributed by atoms with Crippen LogP contribution in [0.5, 0.6) is 0 Å². The number of fused-ring (bicyclic) bond motifs is 1. The molecule has 2 aromatic heterocycles. The van der Waals surface area contributed by atoms with Crippen LogP contribution in [-0.2, 0) is 10.0 Å². The molecule has 0 saturated carbocycles. The highest BCUT2D eigenvalue weighted by molar-refractivity contribution is 7.89. The Morgan fingerprint density at radius 3 is 2.50 bits per heavy atom. The minimum absolute atomic E-state index is 0.0882. The van der Waals surface area contributed by atoms with E-state index >= 15 is 0 Å². The van der Waals surface area contributed by atoms with Gasteiger partial charge in [-0.15, -0.1) is 0 Å². The molecule has 0 spiro atoms. The first kappa shape index (κ1) is 19.9. The Kier molecular flexibility index (Phi) is 5.43. The van der Waals surface area contributed by atoms with Crippen LogP contribution in [0.2, 0.25) is 0 Å². The van der Waals surface area contributed by atoms with Crippen LogP contribution in [0.4, 0.5) is 5.82 Å². The van der Waals surface area contributed by atoms with Gasteiger partial charge >= 0.3 is 0 Å². The minimum atomic E-state index is -3.78. The normalized spacial score (nSPS) is 12.6. The highest BCUT2D eigenvalue weighted by Crippen LogP contribution is 2.29. The number of primary sulfonamides is 1. The Morgan fingerprint density at radius 1 is 1.00 bits per heavy atom. The zero-order valence-electron chi connectivity index (χ0n) is 16.4.